The predicted octanol–water partition coefficient (Wildman–Crippen LogP) is 4.19. The van der Waals surface area contributed by atoms with Gasteiger partial charge in [0.15, 0.2) is 5.78 Å². The molecule has 174 valence electrons. The van der Waals surface area contributed by atoms with Crippen LogP contribution in [0.3, 0.4) is 0 Å². The predicted molar refractivity (Wildman–Crippen MR) is 113 cm³/mol. The van der Waals surface area contributed by atoms with E-state index in [4.69, 9.17) is 0 Å². The van der Waals surface area contributed by atoms with E-state index in [9.17, 15) is 31.2 Å². The number of hydrogen-bond acceptors (Lipinski definition) is 4. The number of benzene rings is 2. The van der Waals surface area contributed by atoms with Crippen LogP contribution in [0.4, 0.5) is 13.2 Å². The first-order valence-corrected chi connectivity index (χ1v) is 11.3. The van der Waals surface area contributed by atoms with Gasteiger partial charge in [0.25, 0.3) is 0 Å². The number of Topliss-reactive ketones (excluding diaryl/α,β-unsaturated/α-hetero) is 1. The fraction of sp³-hybridized carbons (Fsp3) is 0.364. The van der Waals surface area contributed by atoms with Crippen LogP contribution in [-0.4, -0.2) is 38.0 Å². The molecule has 1 atom stereocenters. The number of halogens is 3. The van der Waals surface area contributed by atoms with Crippen LogP contribution in [0.2, 0.25) is 0 Å². The summed E-state index contributed by atoms with van der Waals surface area (Å²) in [4.78, 5) is 23.5. The normalized spacial score (nSPS) is 13.1. The number of alkyl halides is 3. The third kappa shape index (κ3) is 6.64. The van der Waals surface area contributed by atoms with Crippen molar-refractivity contribution in [3.63, 3.8) is 0 Å². The molecule has 1 unspecified atom stereocenters. The Morgan fingerprint density at radius 1 is 1.09 bits per heavy atom. The number of sulfonamides is 1. The number of rotatable bonds is 9. The third-order valence-electron chi connectivity index (χ3n) is 4.94. The van der Waals surface area contributed by atoms with E-state index >= 15 is 0 Å². The lowest BCUT2D eigenvalue weighted by atomic mass is 10.0. The quantitative estimate of drug-likeness (QED) is 0.557. The summed E-state index contributed by atoms with van der Waals surface area (Å²) in [7, 11) is -2.39. The first kappa shape index (κ1) is 25.5. The molecular weight excluding hydrogens is 445 g/mol. The minimum absolute atomic E-state index is 0.00638. The maximum absolute atomic E-state index is 12.9. The molecule has 0 saturated carbocycles. The Morgan fingerprint density at radius 2 is 1.72 bits per heavy atom. The maximum atomic E-state index is 12.9. The molecule has 10 heteroatoms. The van der Waals surface area contributed by atoms with E-state index < -0.39 is 33.7 Å². The van der Waals surface area contributed by atoms with Crippen molar-refractivity contribution in [2.45, 2.75) is 43.8 Å². The summed E-state index contributed by atoms with van der Waals surface area (Å²) >= 11 is 0. The van der Waals surface area contributed by atoms with Gasteiger partial charge < -0.3 is 5.32 Å². The van der Waals surface area contributed by atoms with E-state index in [-0.39, 0.29) is 30.1 Å². The zero-order valence-electron chi connectivity index (χ0n) is 17.9. The molecule has 0 bridgehead atoms. The lowest BCUT2D eigenvalue weighted by Gasteiger charge is -2.18. The van der Waals surface area contributed by atoms with Gasteiger partial charge in [0.05, 0.1) is 16.5 Å². The molecule has 0 fully saturated rings. The van der Waals surface area contributed by atoms with Gasteiger partial charge in [-0.1, -0.05) is 24.3 Å². The highest BCUT2D eigenvalue weighted by Gasteiger charge is 2.30. The van der Waals surface area contributed by atoms with E-state index in [1.165, 1.54) is 50.4 Å². The fourth-order valence-corrected chi connectivity index (χ4v) is 4.21. The van der Waals surface area contributed by atoms with E-state index in [2.05, 4.69) is 5.32 Å². The van der Waals surface area contributed by atoms with Crippen LogP contribution < -0.4 is 5.32 Å². The Morgan fingerprint density at radius 3 is 2.28 bits per heavy atom. The molecule has 2 aromatic rings. The molecule has 0 spiro atoms. The number of amides is 1. The summed E-state index contributed by atoms with van der Waals surface area (Å²) in [5.74, 6) is -0.570. The molecule has 32 heavy (non-hydrogen) atoms. The van der Waals surface area contributed by atoms with Crippen LogP contribution in [0.15, 0.2) is 53.4 Å². The monoisotopic (exact) mass is 470 g/mol. The van der Waals surface area contributed by atoms with Gasteiger partial charge in [-0.2, -0.15) is 13.2 Å². The Hall–Kier alpha value is -2.72. The number of nitrogens with zero attached hydrogens (tertiary/aromatic N) is 1. The molecule has 1 N–H and O–H groups in total. The standard InChI is InChI=1S/C22H25F3N2O4S/c1-15(18-6-4-7-19(14-18)22(23,24)25)26-21(29)8-5-13-27(3)32(30,31)20-11-9-17(10-12-20)16(2)28/h4,6-7,9-12,14-15H,5,8,13H2,1-3H3,(H,26,29). The maximum Gasteiger partial charge on any atom is 0.416 e. The molecular formula is C22H25F3N2O4S. The van der Waals surface area contributed by atoms with Crippen molar-refractivity contribution in [3.05, 3.63) is 65.2 Å². The van der Waals surface area contributed by atoms with Crippen molar-refractivity contribution in [3.8, 4) is 0 Å². The Balaban J connectivity index is 1.90. The number of carbonyl (C=O) groups excluding carboxylic acids is 2. The number of carbonyl (C=O) groups is 2. The van der Waals surface area contributed by atoms with E-state index in [1.54, 1.807) is 6.92 Å². The molecule has 6 nitrogen and oxygen atoms in total. The van der Waals surface area contributed by atoms with Crippen molar-refractivity contribution in [1.82, 2.24) is 9.62 Å². The second-order valence-corrected chi connectivity index (χ2v) is 9.47. The smallest absolute Gasteiger partial charge is 0.350 e. The van der Waals surface area contributed by atoms with Gasteiger partial charge in [-0.3, -0.25) is 9.59 Å². The summed E-state index contributed by atoms with van der Waals surface area (Å²) < 4.78 is 64.9. The van der Waals surface area contributed by atoms with Crippen LogP contribution in [0.1, 0.15) is 54.2 Å². The van der Waals surface area contributed by atoms with Gasteiger partial charge in [0.1, 0.15) is 0 Å². The van der Waals surface area contributed by atoms with Crippen molar-refractivity contribution in [2.75, 3.05) is 13.6 Å². The number of hydrogen-bond donors (Lipinski definition) is 1. The van der Waals surface area contributed by atoms with Gasteiger partial charge in [-0.25, -0.2) is 12.7 Å². The molecule has 0 heterocycles. The number of nitrogens with one attached hydrogen (secondary N) is 1. The van der Waals surface area contributed by atoms with Crippen molar-refractivity contribution >= 4 is 21.7 Å². The van der Waals surface area contributed by atoms with Gasteiger partial charge in [0, 0.05) is 25.6 Å². The molecule has 2 aromatic carbocycles. The highest BCUT2D eigenvalue weighted by molar-refractivity contribution is 7.89. The Kier molecular flexibility index (Phi) is 8.19. The SMILES string of the molecule is CC(=O)c1ccc(S(=O)(=O)N(C)CCCC(=O)NC(C)c2cccc(C(F)(F)F)c2)cc1. The molecule has 0 radical (unpaired) electrons. The molecule has 0 aliphatic heterocycles. The summed E-state index contributed by atoms with van der Waals surface area (Å²) in [5, 5.41) is 2.63. The van der Waals surface area contributed by atoms with Crippen molar-refractivity contribution in [1.29, 1.82) is 0 Å². The van der Waals surface area contributed by atoms with Gasteiger partial charge in [0.2, 0.25) is 15.9 Å². The average Bonchev–Trinajstić information content (AvgIpc) is 2.73. The largest absolute Gasteiger partial charge is 0.416 e. The molecule has 0 aromatic heterocycles. The van der Waals surface area contributed by atoms with Crippen LogP contribution in [0.25, 0.3) is 0 Å². The van der Waals surface area contributed by atoms with Crippen molar-refractivity contribution in [2.24, 2.45) is 0 Å². The van der Waals surface area contributed by atoms with E-state index in [1.807, 2.05) is 0 Å². The second kappa shape index (κ2) is 10.3. The van der Waals surface area contributed by atoms with Crippen LogP contribution in [0, 0.1) is 0 Å². The topological polar surface area (TPSA) is 83.6 Å². The fourth-order valence-electron chi connectivity index (χ4n) is 3.01. The summed E-state index contributed by atoms with van der Waals surface area (Å²) in [6, 6.07) is 9.67. The molecule has 1 amide bonds. The Bertz CT molecular complexity index is 1070. The Labute approximate surface area is 185 Å². The lowest BCUT2D eigenvalue weighted by molar-refractivity contribution is -0.137. The summed E-state index contributed by atoms with van der Waals surface area (Å²) in [5.41, 5.74) is -0.0701. The third-order valence-corrected chi connectivity index (χ3v) is 6.81. The van der Waals surface area contributed by atoms with Crippen LogP contribution in [0.5, 0.6) is 0 Å². The highest BCUT2D eigenvalue weighted by Crippen LogP contribution is 2.30. The van der Waals surface area contributed by atoms with Gasteiger partial charge in [-0.05, 0) is 50.1 Å². The van der Waals surface area contributed by atoms with Gasteiger partial charge in [-0.15, -0.1) is 0 Å². The zero-order chi connectivity index (χ0) is 24.1. The highest BCUT2D eigenvalue weighted by atomic mass is 32.2. The summed E-state index contributed by atoms with van der Waals surface area (Å²) in [6.45, 7) is 3.03. The van der Waals surface area contributed by atoms with Crippen LogP contribution >= 0.6 is 0 Å². The zero-order valence-corrected chi connectivity index (χ0v) is 18.8. The van der Waals surface area contributed by atoms with E-state index in [0.717, 1.165) is 16.4 Å². The second-order valence-electron chi connectivity index (χ2n) is 7.42. The minimum atomic E-state index is -4.47. The molecule has 0 saturated heterocycles. The molecule has 0 aliphatic carbocycles. The first-order chi connectivity index (χ1) is 14.8. The molecule has 2 rings (SSSR count). The summed E-state index contributed by atoms with van der Waals surface area (Å²) in [6.07, 6.45) is -4.24. The van der Waals surface area contributed by atoms with Crippen molar-refractivity contribution < 1.29 is 31.2 Å². The minimum Gasteiger partial charge on any atom is -0.350 e. The molecule has 0 aliphatic rings. The van der Waals surface area contributed by atoms with E-state index in [0.29, 0.717) is 11.1 Å². The average molecular weight is 471 g/mol. The van der Waals surface area contributed by atoms with Gasteiger partial charge >= 0.3 is 6.18 Å². The number of ketones is 1. The first-order valence-electron chi connectivity index (χ1n) is 9.86. The lowest BCUT2D eigenvalue weighted by Crippen LogP contribution is -2.30. The van der Waals surface area contributed by atoms with Crippen LogP contribution in [-0.2, 0) is 21.0 Å².